The third-order valence-corrected chi connectivity index (χ3v) is 7.49. The molecule has 0 amide bonds. The minimum Gasteiger partial charge on any atom is -0.493 e. The van der Waals surface area contributed by atoms with E-state index in [1.807, 2.05) is 42.5 Å². The number of nitrogens with zero attached hydrogens (tertiary/aromatic N) is 1. The van der Waals surface area contributed by atoms with Gasteiger partial charge in [0.15, 0.2) is 23.0 Å². The van der Waals surface area contributed by atoms with Gasteiger partial charge in [-0.3, -0.25) is 4.90 Å². The van der Waals surface area contributed by atoms with Crippen LogP contribution in [0, 0.1) is 0 Å². The zero-order chi connectivity index (χ0) is 27.9. The first-order valence-electron chi connectivity index (χ1n) is 13.6. The second-order valence-corrected chi connectivity index (χ2v) is 9.99. The Morgan fingerprint density at radius 1 is 0.650 bits per heavy atom. The maximum atomic E-state index is 6.45. The lowest BCUT2D eigenvalue weighted by atomic mass is 9.87. The van der Waals surface area contributed by atoms with Gasteiger partial charge in [-0.2, -0.15) is 0 Å². The van der Waals surface area contributed by atoms with Gasteiger partial charge in [-0.05, 0) is 60.3 Å². The van der Waals surface area contributed by atoms with Crippen LogP contribution >= 0.6 is 0 Å². The highest BCUT2D eigenvalue weighted by molar-refractivity contribution is 5.61. The number of likely N-dealkylation sites (N-methyl/N-ethyl adjacent to an activating group) is 1. The molecule has 0 saturated carbocycles. The fourth-order valence-corrected chi connectivity index (χ4v) is 5.32. The van der Waals surface area contributed by atoms with E-state index in [9.17, 15) is 0 Å². The Bertz CT molecular complexity index is 1410. The number of ether oxygens (including phenoxy) is 5. The topological polar surface area (TPSA) is 49.4 Å². The molecule has 6 nitrogen and oxygen atoms in total. The first-order chi connectivity index (χ1) is 19.6. The number of benzene rings is 4. The highest BCUT2D eigenvalue weighted by Gasteiger charge is 2.31. The van der Waals surface area contributed by atoms with Crippen LogP contribution in [-0.4, -0.2) is 39.8 Å². The molecule has 0 spiro atoms. The van der Waals surface area contributed by atoms with Crippen LogP contribution in [0.5, 0.6) is 28.7 Å². The number of hydrogen-bond donors (Lipinski definition) is 0. The molecule has 0 N–H and O–H groups in total. The zero-order valence-corrected chi connectivity index (χ0v) is 23.7. The normalized spacial score (nSPS) is 14.8. The minimum atomic E-state index is 0.123. The first-order valence-corrected chi connectivity index (χ1v) is 13.6. The molecule has 1 heterocycles. The second-order valence-electron chi connectivity index (χ2n) is 9.99. The molecule has 0 fully saturated rings. The second kappa shape index (κ2) is 12.8. The van der Waals surface area contributed by atoms with Gasteiger partial charge in [0, 0.05) is 18.2 Å². The molecule has 1 atom stereocenters. The first kappa shape index (κ1) is 27.4. The van der Waals surface area contributed by atoms with E-state index in [0.717, 1.165) is 53.3 Å². The molecule has 1 unspecified atom stereocenters. The summed E-state index contributed by atoms with van der Waals surface area (Å²) in [6.07, 6.45) is 1.66. The Morgan fingerprint density at radius 3 is 1.93 bits per heavy atom. The number of rotatable bonds is 11. The molecule has 6 heteroatoms. The van der Waals surface area contributed by atoms with Crippen molar-refractivity contribution in [1.29, 1.82) is 0 Å². The standard InChI is InChI=1S/C34H37NO5/c1-35-18-17-27-28(21-32(37-3)34(38-4)33(27)40-23-25-13-9-6-10-14-25)29(35)19-26-15-16-30(36-2)31(20-26)39-22-24-11-7-5-8-12-24/h5-16,20-21,29H,17-19,22-23H2,1-4H3. The van der Waals surface area contributed by atoms with Crippen LogP contribution in [0.1, 0.15) is 33.9 Å². The van der Waals surface area contributed by atoms with E-state index in [4.69, 9.17) is 23.7 Å². The fraction of sp³-hybridized carbons (Fsp3) is 0.294. The van der Waals surface area contributed by atoms with E-state index >= 15 is 0 Å². The van der Waals surface area contributed by atoms with Crippen LogP contribution < -0.4 is 23.7 Å². The molecule has 0 radical (unpaired) electrons. The molecule has 4 aromatic rings. The maximum Gasteiger partial charge on any atom is 0.203 e. The molecule has 5 rings (SSSR count). The van der Waals surface area contributed by atoms with E-state index in [2.05, 4.69) is 54.4 Å². The molecule has 4 aromatic carbocycles. The Labute approximate surface area is 237 Å². The third kappa shape index (κ3) is 6.02. The van der Waals surface area contributed by atoms with Crippen LogP contribution in [-0.2, 0) is 26.1 Å². The van der Waals surface area contributed by atoms with Crippen molar-refractivity contribution in [2.45, 2.75) is 32.1 Å². The number of hydrogen-bond acceptors (Lipinski definition) is 6. The molecule has 0 aromatic heterocycles. The lowest BCUT2D eigenvalue weighted by molar-refractivity contribution is 0.218. The average Bonchev–Trinajstić information content (AvgIpc) is 3.00. The quantitative estimate of drug-likeness (QED) is 0.213. The van der Waals surface area contributed by atoms with E-state index in [0.29, 0.717) is 24.7 Å². The van der Waals surface area contributed by atoms with Gasteiger partial charge in [-0.25, -0.2) is 0 Å². The van der Waals surface area contributed by atoms with Gasteiger partial charge >= 0.3 is 0 Å². The van der Waals surface area contributed by atoms with Gasteiger partial charge in [-0.15, -0.1) is 0 Å². The minimum absolute atomic E-state index is 0.123. The molecule has 1 aliphatic heterocycles. The van der Waals surface area contributed by atoms with Crippen LogP contribution in [0.25, 0.3) is 0 Å². The SMILES string of the molecule is COc1ccc(CC2c3cc(OC)c(OC)c(OCc4ccccc4)c3CCN2C)cc1OCc1ccccc1. The van der Waals surface area contributed by atoms with Crippen LogP contribution in [0.2, 0.25) is 0 Å². The highest BCUT2D eigenvalue weighted by Crippen LogP contribution is 2.47. The number of fused-ring (bicyclic) bond motifs is 1. The van der Waals surface area contributed by atoms with Crippen LogP contribution in [0.3, 0.4) is 0 Å². The van der Waals surface area contributed by atoms with Gasteiger partial charge in [0.25, 0.3) is 0 Å². The molecular formula is C34H37NO5. The smallest absolute Gasteiger partial charge is 0.203 e. The molecule has 0 aliphatic carbocycles. The van der Waals surface area contributed by atoms with Gasteiger partial charge in [0.2, 0.25) is 5.75 Å². The van der Waals surface area contributed by atoms with Crippen LogP contribution in [0.4, 0.5) is 0 Å². The lowest BCUT2D eigenvalue weighted by Crippen LogP contribution is -2.34. The summed E-state index contributed by atoms with van der Waals surface area (Å²) >= 11 is 0. The van der Waals surface area contributed by atoms with Crippen molar-refractivity contribution in [2.24, 2.45) is 0 Å². The van der Waals surface area contributed by atoms with Gasteiger partial charge in [0.05, 0.1) is 21.3 Å². The highest BCUT2D eigenvalue weighted by atomic mass is 16.5. The summed E-state index contributed by atoms with van der Waals surface area (Å²) in [6.45, 7) is 1.84. The summed E-state index contributed by atoms with van der Waals surface area (Å²) < 4.78 is 29.9. The van der Waals surface area contributed by atoms with Gasteiger partial charge in [0.1, 0.15) is 13.2 Å². The van der Waals surface area contributed by atoms with Crippen molar-refractivity contribution in [2.75, 3.05) is 34.9 Å². The summed E-state index contributed by atoms with van der Waals surface area (Å²) in [6, 6.07) is 28.8. The fourth-order valence-electron chi connectivity index (χ4n) is 5.32. The van der Waals surface area contributed by atoms with Crippen molar-refractivity contribution in [3.8, 4) is 28.7 Å². The Hall–Kier alpha value is -4.16. The lowest BCUT2D eigenvalue weighted by Gasteiger charge is -2.36. The average molecular weight is 540 g/mol. The third-order valence-electron chi connectivity index (χ3n) is 7.49. The van der Waals surface area contributed by atoms with Crippen molar-refractivity contribution in [1.82, 2.24) is 4.90 Å². The predicted octanol–water partition coefficient (Wildman–Crippen LogP) is 6.64. The molecule has 0 saturated heterocycles. The molecule has 1 aliphatic rings. The largest absolute Gasteiger partial charge is 0.493 e. The van der Waals surface area contributed by atoms with Gasteiger partial charge < -0.3 is 23.7 Å². The van der Waals surface area contributed by atoms with Gasteiger partial charge in [-0.1, -0.05) is 66.7 Å². The summed E-state index contributed by atoms with van der Waals surface area (Å²) in [7, 11) is 7.18. The van der Waals surface area contributed by atoms with E-state index < -0.39 is 0 Å². The Morgan fingerprint density at radius 2 is 1.30 bits per heavy atom. The molecule has 0 bridgehead atoms. The monoisotopic (exact) mass is 539 g/mol. The summed E-state index contributed by atoms with van der Waals surface area (Å²) in [4.78, 5) is 2.39. The number of methoxy groups -OCH3 is 3. The zero-order valence-electron chi connectivity index (χ0n) is 23.7. The van der Waals surface area contributed by atoms with Crippen molar-refractivity contribution in [3.63, 3.8) is 0 Å². The van der Waals surface area contributed by atoms with Crippen molar-refractivity contribution >= 4 is 0 Å². The van der Waals surface area contributed by atoms with E-state index in [1.165, 1.54) is 11.1 Å². The van der Waals surface area contributed by atoms with E-state index in [-0.39, 0.29) is 6.04 Å². The summed E-state index contributed by atoms with van der Waals surface area (Å²) in [5.41, 5.74) is 5.74. The predicted molar refractivity (Wildman–Crippen MR) is 157 cm³/mol. The Balaban J connectivity index is 1.45. The summed E-state index contributed by atoms with van der Waals surface area (Å²) in [5.74, 6) is 3.54. The maximum absolute atomic E-state index is 6.45. The Kier molecular flexibility index (Phi) is 8.77. The van der Waals surface area contributed by atoms with Crippen molar-refractivity contribution in [3.05, 3.63) is 113 Å². The van der Waals surface area contributed by atoms with E-state index in [1.54, 1.807) is 21.3 Å². The molecule has 208 valence electrons. The van der Waals surface area contributed by atoms with Crippen LogP contribution in [0.15, 0.2) is 84.9 Å². The molecule has 40 heavy (non-hydrogen) atoms. The summed E-state index contributed by atoms with van der Waals surface area (Å²) in [5, 5.41) is 0. The molecular weight excluding hydrogens is 502 g/mol. The van der Waals surface area contributed by atoms with Crippen molar-refractivity contribution < 1.29 is 23.7 Å².